The van der Waals surface area contributed by atoms with Crippen molar-refractivity contribution in [2.24, 2.45) is 0 Å². The fraction of sp³-hybridized carbons (Fsp3) is 0.538. The number of phenols is 1. The summed E-state index contributed by atoms with van der Waals surface area (Å²) >= 11 is 0. The van der Waals surface area contributed by atoms with E-state index in [1.54, 1.807) is 6.07 Å². The van der Waals surface area contributed by atoms with E-state index >= 15 is 0 Å². The average Bonchev–Trinajstić information content (AvgIpc) is 2.30. The molecule has 0 saturated carbocycles. The molecule has 1 unspecified atom stereocenters. The van der Waals surface area contributed by atoms with Gasteiger partial charge in [-0.2, -0.15) is 0 Å². The second-order valence-electron chi connectivity index (χ2n) is 4.36. The fourth-order valence-electron chi connectivity index (χ4n) is 2.35. The number of aryl methyl sites for hydroxylation is 1. The number of benzene rings is 1. The molecule has 0 aliphatic heterocycles. The lowest BCUT2D eigenvalue weighted by atomic mass is 9.87. The zero-order valence-electron chi connectivity index (χ0n) is 9.45. The van der Waals surface area contributed by atoms with Crippen molar-refractivity contribution in [1.29, 1.82) is 0 Å². The van der Waals surface area contributed by atoms with E-state index in [1.807, 2.05) is 12.1 Å². The van der Waals surface area contributed by atoms with E-state index in [2.05, 4.69) is 5.32 Å². The zero-order valence-corrected chi connectivity index (χ0v) is 9.45. The first-order valence-corrected chi connectivity index (χ1v) is 5.97. The molecule has 1 aliphatic carbocycles. The highest BCUT2D eigenvalue weighted by atomic mass is 16.3. The third kappa shape index (κ3) is 2.54. The maximum absolute atomic E-state index is 9.51. The number of aromatic hydroxyl groups is 1. The van der Waals surface area contributed by atoms with Gasteiger partial charge in [0.1, 0.15) is 5.75 Å². The predicted molar refractivity (Wildman–Crippen MR) is 63.5 cm³/mol. The van der Waals surface area contributed by atoms with Gasteiger partial charge in [0, 0.05) is 12.6 Å². The molecule has 1 aromatic rings. The number of fused-ring (bicyclic) bond motifs is 1. The molecule has 0 radical (unpaired) electrons. The van der Waals surface area contributed by atoms with Crippen molar-refractivity contribution in [2.45, 2.75) is 31.7 Å². The second kappa shape index (κ2) is 5.32. The Morgan fingerprint density at radius 2 is 2.25 bits per heavy atom. The van der Waals surface area contributed by atoms with Crippen molar-refractivity contribution in [3.8, 4) is 5.75 Å². The highest BCUT2D eigenvalue weighted by Gasteiger charge is 2.19. The van der Waals surface area contributed by atoms with Crippen LogP contribution in [0.15, 0.2) is 18.2 Å². The summed E-state index contributed by atoms with van der Waals surface area (Å²) in [6.07, 6.45) is 4.19. The Kier molecular flexibility index (Phi) is 3.80. The molecule has 2 rings (SSSR count). The molecule has 0 heterocycles. The van der Waals surface area contributed by atoms with Gasteiger partial charge in [-0.15, -0.1) is 0 Å². The van der Waals surface area contributed by atoms with Crippen LogP contribution in [0.1, 0.15) is 36.4 Å². The quantitative estimate of drug-likeness (QED) is 0.679. The van der Waals surface area contributed by atoms with Gasteiger partial charge in [0.15, 0.2) is 0 Å². The van der Waals surface area contributed by atoms with Crippen LogP contribution >= 0.6 is 0 Å². The minimum absolute atomic E-state index is 0.229. The SMILES string of the molecule is OCCCNC1CCCc2ccc(O)cc21. The molecule has 0 fully saturated rings. The van der Waals surface area contributed by atoms with E-state index in [4.69, 9.17) is 5.11 Å². The average molecular weight is 221 g/mol. The van der Waals surface area contributed by atoms with Crippen LogP contribution in [-0.2, 0) is 6.42 Å². The normalized spacial score (nSPS) is 19.4. The summed E-state index contributed by atoms with van der Waals surface area (Å²) in [5.74, 6) is 0.342. The minimum atomic E-state index is 0.229. The van der Waals surface area contributed by atoms with E-state index in [0.29, 0.717) is 11.8 Å². The summed E-state index contributed by atoms with van der Waals surface area (Å²) in [5.41, 5.74) is 2.56. The van der Waals surface area contributed by atoms with Crippen LogP contribution in [0.4, 0.5) is 0 Å². The molecule has 1 aromatic carbocycles. The van der Waals surface area contributed by atoms with Crippen LogP contribution < -0.4 is 5.32 Å². The van der Waals surface area contributed by atoms with Gasteiger partial charge >= 0.3 is 0 Å². The predicted octanol–water partition coefficient (Wildman–Crippen LogP) is 1.74. The van der Waals surface area contributed by atoms with Gasteiger partial charge in [0.2, 0.25) is 0 Å². The third-order valence-corrected chi connectivity index (χ3v) is 3.17. The van der Waals surface area contributed by atoms with Gasteiger partial charge in [-0.05, 0) is 55.5 Å². The van der Waals surface area contributed by atoms with Crippen LogP contribution in [0.2, 0.25) is 0 Å². The standard InChI is InChI=1S/C13H19NO2/c15-8-2-7-14-13-4-1-3-10-5-6-11(16)9-12(10)13/h5-6,9,13-16H,1-4,7-8H2. The van der Waals surface area contributed by atoms with E-state index in [9.17, 15) is 5.11 Å². The van der Waals surface area contributed by atoms with Gasteiger partial charge in [-0.3, -0.25) is 0 Å². The molecule has 1 atom stereocenters. The van der Waals surface area contributed by atoms with Gasteiger partial charge in [-0.25, -0.2) is 0 Å². The van der Waals surface area contributed by atoms with E-state index < -0.39 is 0 Å². The van der Waals surface area contributed by atoms with E-state index in [-0.39, 0.29) is 6.61 Å². The summed E-state index contributed by atoms with van der Waals surface area (Å²) in [4.78, 5) is 0. The van der Waals surface area contributed by atoms with Crippen molar-refractivity contribution in [3.63, 3.8) is 0 Å². The summed E-state index contributed by atoms with van der Waals surface area (Å²) < 4.78 is 0. The van der Waals surface area contributed by atoms with Crippen molar-refractivity contribution in [1.82, 2.24) is 5.32 Å². The lowest BCUT2D eigenvalue weighted by Crippen LogP contribution is -2.26. The molecule has 3 nitrogen and oxygen atoms in total. The van der Waals surface area contributed by atoms with Gasteiger partial charge in [0.25, 0.3) is 0 Å². The van der Waals surface area contributed by atoms with Gasteiger partial charge in [-0.1, -0.05) is 6.07 Å². The van der Waals surface area contributed by atoms with Crippen LogP contribution in [0.3, 0.4) is 0 Å². The summed E-state index contributed by atoms with van der Waals surface area (Å²) in [6.45, 7) is 1.06. The molecule has 0 spiro atoms. The maximum atomic E-state index is 9.51. The summed E-state index contributed by atoms with van der Waals surface area (Å²) in [6, 6.07) is 5.98. The molecule has 1 aliphatic rings. The molecule has 88 valence electrons. The van der Waals surface area contributed by atoms with Crippen LogP contribution in [-0.4, -0.2) is 23.4 Å². The molecular formula is C13H19NO2. The Morgan fingerprint density at radius 1 is 1.38 bits per heavy atom. The Hall–Kier alpha value is -1.06. The minimum Gasteiger partial charge on any atom is -0.508 e. The summed E-state index contributed by atoms with van der Waals surface area (Å²) in [5, 5.41) is 21.7. The number of rotatable bonds is 4. The summed E-state index contributed by atoms with van der Waals surface area (Å²) in [7, 11) is 0. The van der Waals surface area contributed by atoms with Crippen molar-refractivity contribution >= 4 is 0 Å². The van der Waals surface area contributed by atoms with Crippen LogP contribution in [0, 0.1) is 0 Å². The fourth-order valence-corrected chi connectivity index (χ4v) is 2.35. The molecule has 0 amide bonds. The largest absolute Gasteiger partial charge is 0.508 e. The molecule has 3 N–H and O–H groups in total. The van der Waals surface area contributed by atoms with E-state index in [0.717, 1.165) is 25.8 Å². The Morgan fingerprint density at radius 3 is 3.06 bits per heavy atom. The van der Waals surface area contributed by atoms with Crippen LogP contribution in [0.25, 0.3) is 0 Å². The van der Waals surface area contributed by atoms with Crippen molar-refractivity contribution in [3.05, 3.63) is 29.3 Å². The highest BCUT2D eigenvalue weighted by molar-refractivity contribution is 5.38. The first-order valence-electron chi connectivity index (χ1n) is 5.97. The number of hydrogen-bond acceptors (Lipinski definition) is 3. The Balaban J connectivity index is 2.09. The molecule has 0 aromatic heterocycles. The smallest absolute Gasteiger partial charge is 0.115 e. The molecule has 16 heavy (non-hydrogen) atoms. The van der Waals surface area contributed by atoms with Gasteiger partial charge < -0.3 is 15.5 Å². The Labute approximate surface area is 96.1 Å². The Bertz CT molecular complexity index is 352. The zero-order chi connectivity index (χ0) is 11.4. The number of aliphatic hydroxyl groups is 1. The molecular weight excluding hydrogens is 202 g/mol. The molecule has 3 heteroatoms. The third-order valence-electron chi connectivity index (χ3n) is 3.17. The van der Waals surface area contributed by atoms with Crippen LogP contribution in [0.5, 0.6) is 5.75 Å². The second-order valence-corrected chi connectivity index (χ2v) is 4.36. The first kappa shape index (κ1) is 11.4. The molecule has 0 bridgehead atoms. The lowest BCUT2D eigenvalue weighted by molar-refractivity contribution is 0.281. The van der Waals surface area contributed by atoms with Crippen molar-refractivity contribution < 1.29 is 10.2 Å². The lowest BCUT2D eigenvalue weighted by Gasteiger charge is -2.26. The highest BCUT2D eigenvalue weighted by Crippen LogP contribution is 2.31. The number of hydrogen-bond donors (Lipinski definition) is 3. The number of nitrogens with one attached hydrogen (secondary N) is 1. The maximum Gasteiger partial charge on any atom is 0.115 e. The topological polar surface area (TPSA) is 52.5 Å². The van der Waals surface area contributed by atoms with E-state index in [1.165, 1.54) is 17.5 Å². The molecule has 0 saturated heterocycles. The van der Waals surface area contributed by atoms with Crippen molar-refractivity contribution in [2.75, 3.05) is 13.2 Å². The number of aliphatic hydroxyl groups excluding tert-OH is 1. The monoisotopic (exact) mass is 221 g/mol. The number of phenolic OH excluding ortho intramolecular Hbond substituents is 1. The first-order chi connectivity index (χ1) is 7.81. The van der Waals surface area contributed by atoms with Gasteiger partial charge in [0.05, 0.1) is 0 Å².